The van der Waals surface area contributed by atoms with E-state index in [0.29, 0.717) is 21.3 Å². The van der Waals surface area contributed by atoms with Crippen LogP contribution >= 0.6 is 31.9 Å². The van der Waals surface area contributed by atoms with Crippen LogP contribution in [0.5, 0.6) is 0 Å². The summed E-state index contributed by atoms with van der Waals surface area (Å²) >= 11 is 6.76. The summed E-state index contributed by atoms with van der Waals surface area (Å²) < 4.78 is 1.45. The number of carbonyl (C=O) groups excluding carboxylic acids is 1. The fourth-order valence-corrected chi connectivity index (χ4v) is 2.62. The van der Waals surface area contributed by atoms with Gasteiger partial charge in [-0.1, -0.05) is 12.1 Å². The van der Waals surface area contributed by atoms with Crippen LogP contribution in [0.15, 0.2) is 45.3 Å². The van der Waals surface area contributed by atoms with Gasteiger partial charge in [-0.25, -0.2) is 0 Å². The molecule has 0 aliphatic heterocycles. The number of rotatable bonds is 2. The lowest BCUT2D eigenvalue weighted by Crippen LogP contribution is -2.13. The van der Waals surface area contributed by atoms with Crippen molar-refractivity contribution >= 4 is 43.5 Å². The predicted octanol–water partition coefficient (Wildman–Crippen LogP) is 4.64. The Hall–Kier alpha value is -1.64. The minimum absolute atomic E-state index is 0.203. The van der Waals surface area contributed by atoms with Crippen molar-refractivity contribution in [3.05, 3.63) is 62.0 Å². The smallest absolute Gasteiger partial charge is 0.256 e. The first kappa shape index (κ1) is 14.8. The van der Waals surface area contributed by atoms with Gasteiger partial charge in [0.25, 0.3) is 5.91 Å². The van der Waals surface area contributed by atoms with E-state index in [1.807, 2.05) is 25.1 Å². The van der Waals surface area contributed by atoms with E-state index in [1.54, 1.807) is 24.3 Å². The minimum atomic E-state index is -0.203. The molecule has 0 aliphatic rings. The third-order valence-corrected chi connectivity index (χ3v) is 4.49. The van der Waals surface area contributed by atoms with Crippen LogP contribution in [0.3, 0.4) is 0 Å². The Balaban J connectivity index is 2.29. The third kappa shape index (κ3) is 3.09. The molecule has 5 heteroatoms. The van der Waals surface area contributed by atoms with Crippen molar-refractivity contribution in [2.75, 3.05) is 5.32 Å². The third-order valence-electron chi connectivity index (χ3n) is 2.78. The molecule has 100 valence electrons. The van der Waals surface area contributed by atoms with E-state index in [-0.39, 0.29) is 5.91 Å². The highest BCUT2D eigenvalue weighted by Gasteiger charge is 2.13. The normalized spacial score (nSPS) is 9.90. The summed E-state index contributed by atoms with van der Waals surface area (Å²) in [6.07, 6.45) is 0. The fraction of sp³-hybridized carbons (Fsp3) is 0.0667. The molecule has 2 aromatic carbocycles. The molecule has 0 saturated carbocycles. The van der Waals surface area contributed by atoms with Gasteiger partial charge < -0.3 is 5.32 Å². The number of nitrogens with one attached hydrogen (secondary N) is 1. The van der Waals surface area contributed by atoms with Gasteiger partial charge in [0, 0.05) is 8.95 Å². The second-order valence-electron chi connectivity index (χ2n) is 4.20. The zero-order chi connectivity index (χ0) is 14.7. The maximum atomic E-state index is 12.3. The number of nitriles is 1. The first-order valence-electron chi connectivity index (χ1n) is 5.79. The molecule has 0 atom stereocenters. The van der Waals surface area contributed by atoms with Crippen LogP contribution in [0.4, 0.5) is 5.69 Å². The Morgan fingerprint density at radius 2 is 2.00 bits per heavy atom. The van der Waals surface area contributed by atoms with Crippen LogP contribution in [0.25, 0.3) is 0 Å². The number of halogens is 2. The first-order chi connectivity index (χ1) is 9.52. The molecule has 0 radical (unpaired) electrons. The molecule has 0 heterocycles. The molecule has 3 nitrogen and oxygen atoms in total. The van der Waals surface area contributed by atoms with Crippen molar-refractivity contribution < 1.29 is 4.79 Å². The van der Waals surface area contributed by atoms with E-state index in [4.69, 9.17) is 5.26 Å². The minimum Gasteiger partial charge on any atom is -0.321 e. The van der Waals surface area contributed by atoms with Gasteiger partial charge in [0.2, 0.25) is 0 Å². The van der Waals surface area contributed by atoms with Crippen LogP contribution in [-0.2, 0) is 0 Å². The summed E-state index contributed by atoms with van der Waals surface area (Å²) in [7, 11) is 0. The van der Waals surface area contributed by atoms with Gasteiger partial charge in [-0.15, -0.1) is 0 Å². The summed E-state index contributed by atoms with van der Waals surface area (Å²) in [5, 5.41) is 11.6. The summed E-state index contributed by atoms with van der Waals surface area (Å²) in [6.45, 7) is 1.93. The van der Waals surface area contributed by atoms with Crippen molar-refractivity contribution in [1.82, 2.24) is 0 Å². The van der Waals surface area contributed by atoms with E-state index < -0.39 is 0 Å². The van der Waals surface area contributed by atoms with Gasteiger partial charge in [0.05, 0.1) is 22.9 Å². The number of carbonyl (C=O) groups is 1. The summed E-state index contributed by atoms with van der Waals surface area (Å²) in [4.78, 5) is 12.3. The van der Waals surface area contributed by atoms with Crippen molar-refractivity contribution in [2.24, 2.45) is 0 Å². The summed E-state index contributed by atoms with van der Waals surface area (Å²) in [5.41, 5.74) is 2.73. The van der Waals surface area contributed by atoms with Crippen molar-refractivity contribution in [2.45, 2.75) is 6.92 Å². The maximum absolute atomic E-state index is 12.3. The zero-order valence-corrected chi connectivity index (χ0v) is 13.7. The molecule has 2 rings (SSSR count). The topological polar surface area (TPSA) is 52.9 Å². The monoisotopic (exact) mass is 392 g/mol. The largest absolute Gasteiger partial charge is 0.321 e. The van der Waals surface area contributed by atoms with Crippen LogP contribution in [-0.4, -0.2) is 5.91 Å². The highest BCUT2D eigenvalue weighted by Crippen LogP contribution is 2.26. The standard InChI is InChI=1S/C15H10Br2N2O/c1-9-3-2-4-11(14(9)17)15(20)19-13-6-5-10(8-18)7-12(13)16/h2-7H,1H3,(H,19,20). The quantitative estimate of drug-likeness (QED) is 0.807. The van der Waals surface area contributed by atoms with E-state index in [1.165, 1.54) is 0 Å². The molecule has 2 aromatic rings. The number of nitrogens with zero attached hydrogens (tertiary/aromatic N) is 1. The van der Waals surface area contributed by atoms with E-state index in [9.17, 15) is 4.79 Å². The summed E-state index contributed by atoms with van der Waals surface area (Å²) in [5.74, 6) is -0.203. The van der Waals surface area contributed by atoms with Crippen LogP contribution < -0.4 is 5.32 Å². The molecule has 0 aromatic heterocycles. The van der Waals surface area contributed by atoms with Gasteiger partial charge in [0.1, 0.15) is 0 Å². The van der Waals surface area contributed by atoms with E-state index >= 15 is 0 Å². The zero-order valence-electron chi connectivity index (χ0n) is 10.6. The number of aryl methyl sites for hydroxylation is 1. The lowest BCUT2D eigenvalue weighted by Gasteiger charge is -2.10. The van der Waals surface area contributed by atoms with E-state index in [2.05, 4.69) is 37.2 Å². The number of amides is 1. The first-order valence-corrected chi connectivity index (χ1v) is 7.37. The number of benzene rings is 2. The Labute approximate surface area is 133 Å². The van der Waals surface area contributed by atoms with Crippen molar-refractivity contribution in [3.63, 3.8) is 0 Å². The Morgan fingerprint density at radius 3 is 2.65 bits per heavy atom. The fourth-order valence-electron chi connectivity index (χ4n) is 1.70. The Kier molecular flexibility index (Phi) is 4.58. The Morgan fingerprint density at radius 1 is 1.25 bits per heavy atom. The van der Waals surface area contributed by atoms with Crippen LogP contribution in [0.2, 0.25) is 0 Å². The SMILES string of the molecule is Cc1cccc(C(=O)Nc2ccc(C#N)cc2Br)c1Br. The van der Waals surface area contributed by atoms with Crippen LogP contribution in [0, 0.1) is 18.3 Å². The average molecular weight is 394 g/mol. The number of anilines is 1. The molecule has 0 spiro atoms. The van der Waals surface area contributed by atoms with Gasteiger partial charge in [0.15, 0.2) is 0 Å². The van der Waals surface area contributed by atoms with E-state index in [0.717, 1.165) is 10.0 Å². The molecule has 1 amide bonds. The van der Waals surface area contributed by atoms with Gasteiger partial charge in [-0.3, -0.25) is 4.79 Å². The highest BCUT2D eigenvalue weighted by atomic mass is 79.9. The molecule has 20 heavy (non-hydrogen) atoms. The van der Waals surface area contributed by atoms with Gasteiger partial charge >= 0.3 is 0 Å². The molecule has 0 aliphatic carbocycles. The second kappa shape index (κ2) is 6.21. The molecule has 0 bridgehead atoms. The predicted molar refractivity (Wildman–Crippen MR) is 85.7 cm³/mol. The average Bonchev–Trinajstić information content (AvgIpc) is 2.44. The number of hydrogen-bond acceptors (Lipinski definition) is 2. The Bertz CT molecular complexity index is 720. The lowest BCUT2D eigenvalue weighted by molar-refractivity contribution is 0.102. The molecule has 0 unspecified atom stereocenters. The second-order valence-corrected chi connectivity index (χ2v) is 5.84. The van der Waals surface area contributed by atoms with Gasteiger partial charge in [-0.2, -0.15) is 5.26 Å². The molecule has 0 fully saturated rings. The van der Waals surface area contributed by atoms with Crippen LogP contribution in [0.1, 0.15) is 21.5 Å². The summed E-state index contributed by atoms with van der Waals surface area (Å²) in [6, 6.07) is 12.6. The van der Waals surface area contributed by atoms with Gasteiger partial charge in [-0.05, 0) is 68.6 Å². The maximum Gasteiger partial charge on any atom is 0.256 e. The van der Waals surface area contributed by atoms with Crippen molar-refractivity contribution in [3.8, 4) is 6.07 Å². The molecular weight excluding hydrogens is 384 g/mol. The van der Waals surface area contributed by atoms with Crippen molar-refractivity contribution in [1.29, 1.82) is 5.26 Å². The lowest BCUT2D eigenvalue weighted by atomic mass is 10.1. The molecular formula is C15H10Br2N2O. The molecule has 0 saturated heterocycles. The highest BCUT2D eigenvalue weighted by molar-refractivity contribution is 9.11. The number of hydrogen-bond donors (Lipinski definition) is 1. The molecule has 1 N–H and O–H groups in total.